The predicted molar refractivity (Wildman–Crippen MR) is 140 cm³/mol. The van der Waals surface area contributed by atoms with E-state index in [-0.39, 0.29) is 24.2 Å². The summed E-state index contributed by atoms with van der Waals surface area (Å²) in [7, 11) is 0. The minimum absolute atomic E-state index is 0.00881. The molecule has 35 heavy (non-hydrogen) atoms. The van der Waals surface area contributed by atoms with Crippen LogP contribution in [-0.4, -0.2) is 34.7 Å². The first kappa shape index (κ1) is 24.6. The second-order valence-electron chi connectivity index (χ2n) is 8.69. The summed E-state index contributed by atoms with van der Waals surface area (Å²) in [4.78, 5) is 31.5. The number of thiophene rings is 1. The van der Waals surface area contributed by atoms with Crippen molar-refractivity contribution in [3.63, 3.8) is 0 Å². The number of aryl methyl sites for hydroxylation is 1. The minimum Gasteiger partial charge on any atom is -0.332 e. The molecular weight excluding hydrogens is 459 g/mol. The maximum absolute atomic E-state index is 13.5. The van der Waals surface area contributed by atoms with Crippen molar-refractivity contribution in [2.24, 2.45) is 0 Å². The topological polar surface area (TPSA) is 40.6 Å². The summed E-state index contributed by atoms with van der Waals surface area (Å²) in [6.07, 6.45) is 0.745. The lowest BCUT2D eigenvalue weighted by atomic mass is 10.1. The first-order valence-electron chi connectivity index (χ1n) is 11.8. The third-order valence-corrected chi connectivity index (χ3v) is 7.05. The molecule has 0 saturated heterocycles. The van der Waals surface area contributed by atoms with E-state index in [9.17, 15) is 14.0 Å². The third kappa shape index (κ3) is 6.14. The lowest BCUT2D eigenvalue weighted by Gasteiger charge is -2.28. The van der Waals surface area contributed by atoms with E-state index in [4.69, 9.17) is 0 Å². The van der Waals surface area contributed by atoms with Gasteiger partial charge in [-0.05, 0) is 71.0 Å². The average Bonchev–Trinajstić information content (AvgIpc) is 3.28. The van der Waals surface area contributed by atoms with Gasteiger partial charge in [0, 0.05) is 23.5 Å². The maximum atomic E-state index is 13.5. The molecule has 0 unspecified atom stereocenters. The molecule has 0 spiro atoms. The highest BCUT2D eigenvalue weighted by Crippen LogP contribution is 2.21. The molecule has 4 nitrogen and oxygen atoms in total. The predicted octanol–water partition coefficient (Wildman–Crippen LogP) is 6.43. The first-order chi connectivity index (χ1) is 16.9. The van der Waals surface area contributed by atoms with E-state index < -0.39 is 0 Å². The summed E-state index contributed by atoms with van der Waals surface area (Å²) in [6, 6.07) is 21.8. The van der Waals surface area contributed by atoms with Crippen LogP contribution in [0.25, 0.3) is 10.8 Å². The molecule has 0 aliphatic carbocycles. The van der Waals surface area contributed by atoms with E-state index in [2.05, 4.69) is 0 Å². The molecule has 180 valence electrons. The second kappa shape index (κ2) is 11.3. The van der Waals surface area contributed by atoms with Crippen LogP contribution in [0.15, 0.2) is 78.2 Å². The molecule has 4 aromatic rings. The van der Waals surface area contributed by atoms with Gasteiger partial charge in [0.1, 0.15) is 12.4 Å². The van der Waals surface area contributed by atoms with E-state index in [1.165, 1.54) is 12.1 Å². The van der Waals surface area contributed by atoms with Gasteiger partial charge in [-0.15, -0.1) is 11.3 Å². The molecule has 0 bridgehead atoms. The van der Waals surface area contributed by atoms with E-state index in [0.717, 1.165) is 33.2 Å². The van der Waals surface area contributed by atoms with Gasteiger partial charge < -0.3 is 9.80 Å². The number of halogens is 1. The Morgan fingerprint density at radius 2 is 1.63 bits per heavy atom. The van der Waals surface area contributed by atoms with Crippen molar-refractivity contribution in [1.29, 1.82) is 0 Å². The molecule has 0 aliphatic heterocycles. The Morgan fingerprint density at radius 1 is 0.886 bits per heavy atom. The number of hydrogen-bond donors (Lipinski definition) is 0. The molecule has 0 fully saturated rings. The summed E-state index contributed by atoms with van der Waals surface area (Å²) >= 11 is 1.61. The molecule has 4 rings (SSSR count). The Balaban J connectivity index is 1.56. The van der Waals surface area contributed by atoms with Crippen LogP contribution in [0.4, 0.5) is 4.39 Å². The van der Waals surface area contributed by atoms with Crippen LogP contribution in [0.1, 0.15) is 39.7 Å². The van der Waals surface area contributed by atoms with Gasteiger partial charge in [-0.2, -0.15) is 0 Å². The zero-order valence-electron chi connectivity index (χ0n) is 20.0. The average molecular weight is 489 g/mol. The molecule has 2 amide bonds. The highest BCUT2D eigenvalue weighted by Gasteiger charge is 2.23. The highest BCUT2D eigenvalue weighted by molar-refractivity contribution is 7.10. The normalized spacial score (nSPS) is 10.9. The smallest absolute Gasteiger partial charge is 0.254 e. The lowest BCUT2D eigenvalue weighted by Crippen LogP contribution is -2.42. The third-order valence-electron chi connectivity index (χ3n) is 6.05. The van der Waals surface area contributed by atoms with Crippen LogP contribution in [0.3, 0.4) is 0 Å². The van der Waals surface area contributed by atoms with Crippen LogP contribution in [0, 0.1) is 12.7 Å². The van der Waals surface area contributed by atoms with Crippen LogP contribution >= 0.6 is 11.3 Å². The van der Waals surface area contributed by atoms with Gasteiger partial charge in [-0.25, -0.2) is 4.39 Å². The molecule has 0 N–H and O–H groups in total. The van der Waals surface area contributed by atoms with Crippen molar-refractivity contribution in [1.82, 2.24) is 9.80 Å². The Kier molecular flexibility index (Phi) is 7.93. The van der Waals surface area contributed by atoms with Crippen molar-refractivity contribution >= 4 is 33.9 Å². The molecular formula is C29H29FN2O2S. The van der Waals surface area contributed by atoms with E-state index in [1.54, 1.807) is 33.3 Å². The van der Waals surface area contributed by atoms with Gasteiger partial charge in [0.15, 0.2) is 0 Å². The quantitative estimate of drug-likeness (QED) is 0.272. The van der Waals surface area contributed by atoms with E-state index in [1.807, 2.05) is 67.8 Å². The number of carbonyl (C=O) groups is 2. The molecule has 0 atom stereocenters. The summed E-state index contributed by atoms with van der Waals surface area (Å²) in [5.74, 6) is -0.597. The van der Waals surface area contributed by atoms with Crippen molar-refractivity contribution in [2.75, 3.05) is 13.1 Å². The molecule has 0 radical (unpaired) electrons. The minimum atomic E-state index is -0.309. The van der Waals surface area contributed by atoms with Crippen LogP contribution < -0.4 is 0 Å². The summed E-state index contributed by atoms with van der Waals surface area (Å²) in [5.41, 5.74) is 2.55. The second-order valence-corrected chi connectivity index (χ2v) is 9.69. The van der Waals surface area contributed by atoms with Crippen molar-refractivity contribution in [3.05, 3.63) is 106 Å². The Bertz CT molecular complexity index is 1320. The fourth-order valence-corrected chi connectivity index (χ4v) is 4.99. The number of rotatable bonds is 9. The fraction of sp³-hybridized carbons (Fsp3) is 0.241. The van der Waals surface area contributed by atoms with Crippen molar-refractivity contribution in [2.45, 2.75) is 33.4 Å². The van der Waals surface area contributed by atoms with Gasteiger partial charge in [0.05, 0.1) is 6.54 Å². The van der Waals surface area contributed by atoms with Gasteiger partial charge in [0.25, 0.3) is 5.91 Å². The largest absolute Gasteiger partial charge is 0.332 e. The number of nitrogens with zero attached hydrogens (tertiary/aromatic N) is 2. The lowest BCUT2D eigenvalue weighted by molar-refractivity contribution is -0.133. The standard InChI is InChI=1S/C29H29FN2O2S/c1-3-15-31(29(34)25-11-10-23-6-4-5-7-24(23)17-25)20-28(33)32(19-27-21(2)14-16-35-27)18-22-8-12-26(30)13-9-22/h4-14,16-17H,3,15,18-20H2,1-2H3. The molecule has 1 heterocycles. The number of carbonyl (C=O) groups excluding carboxylic acids is 2. The summed E-state index contributed by atoms with van der Waals surface area (Å²) in [6.45, 7) is 5.30. The van der Waals surface area contributed by atoms with Gasteiger partial charge >= 0.3 is 0 Å². The first-order valence-corrected chi connectivity index (χ1v) is 12.7. The van der Waals surface area contributed by atoms with E-state index in [0.29, 0.717) is 25.2 Å². The van der Waals surface area contributed by atoms with Crippen LogP contribution in [-0.2, 0) is 17.9 Å². The SMILES string of the molecule is CCCN(CC(=O)N(Cc1ccc(F)cc1)Cc1sccc1C)C(=O)c1ccc2ccccc2c1. The number of hydrogen-bond acceptors (Lipinski definition) is 3. The van der Waals surface area contributed by atoms with Gasteiger partial charge in [0.2, 0.25) is 5.91 Å². The van der Waals surface area contributed by atoms with Crippen LogP contribution in [0.5, 0.6) is 0 Å². The van der Waals surface area contributed by atoms with E-state index >= 15 is 0 Å². The fourth-order valence-electron chi connectivity index (χ4n) is 4.07. The number of amides is 2. The Labute approximate surface area is 209 Å². The molecule has 0 aliphatic rings. The van der Waals surface area contributed by atoms with Gasteiger partial charge in [-0.3, -0.25) is 9.59 Å². The zero-order chi connectivity index (χ0) is 24.8. The van der Waals surface area contributed by atoms with Crippen molar-refractivity contribution in [3.8, 4) is 0 Å². The highest BCUT2D eigenvalue weighted by atomic mass is 32.1. The summed E-state index contributed by atoms with van der Waals surface area (Å²) < 4.78 is 13.4. The van der Waals surface area contributed by atoms with Crippen LogP contribution in [0.2, 0.25) is 0 Å². The number of fused-ring (bicyclic) bond motifs is 1. The Morgan fingerprint density at radius 3 is 2.31 bits per heavy atom. The molecule has 6 heteroatoms. The Hall–Kier alpha value is -3.51. The maximum Gasteiger partial charge on any atom is 0.254 e. The van der Waals surface area contributed by atoms with Crippen molar-refractivity contribution < 1.29 is 14.0 Å². The molecule has 1 aromatic heterocycles. The zero-order valence-corrected chi connectivity index (χ0v) is 20.9. The molecule has 3 aromatic carbocycles. The monoisotopic (exact) mass is 488 g/mol. The van der Waals surface area contributed by atoms with Gasteiger partial charge in [-0.1, -0.05) is 49.4 Å². The summed E-state index contributed by atoms with van der Waals surface area (Å²) in [5, 5.41) is 4.07. The molecule has 0 saturated carbocycles. The number of benzene rings is 3.